The van der Waals surface area contributed by atoms with E-state index in [4.69, 9.17) is 9.68 Å². The summed E-state index contributed by atoms with van der Waals surface area (Å²) in [7, 11) is 0. The number of nitrogens with zero attached hydrogens (tertiary/aromatic N) is 1. The molecule has 0 aromatic carbocycles. The van der Waals surface area contributed by atoms with Crippen LogP contribution in [-0.4, -0.2) is 5.97 Å². The van der Waals surface area contributed by atoms with Crippen molar-refractivity contribution >= 4 is 12.0 Å². The summed E-state index contributed by atoms with van der Waals surface area (Å²) < 4.78 is 9.23. The van der Waals surface area contributed by atoms with E-state index < -0.39 is 5.97 Å². The predicted molar refractivity (Wildman–Crippen MR) is 48.7 cm³/mol. The fourth-order valence-corrected chi connectivity index (χ4v) is 0.957. The molecule has 0 saturated heterocycles. The first-order valence-electron chi connectivity index (χ1n) is 4.12. The molecule has 72 valence electrons. The zero-order valence-electron chi connectivity index (χ0n) is 7.69. The van der Waals surface area contributed by atoms with Gasteiger partial charge in [0.1, 0.15) is 5.76 Å². The summed E-state index contributed by atoms with van der Waals surface area (Å²) >= 11 is 0. The standard InChI is InChI=1S/C10H9NO3/c1-2-8(10(12)14-7-11)6-9-4-3-5-13-9/h3-6H,2H2,1H3. The van der Waals surface area contributed by atoms with E-state index in [0.29, 0.717) is 17.8 Å². The maximum atomic E-state index is 11.1. The monoisotopic (exact) mass is 191 g/mol. The van der Waals surface area contributed by atoms with Gasteiger partial charge in [-0.05, 0) is 24.6 Å². The summed E-state index contributed by atoms with van der Waals surface area (Å²) in [4.78, 5) is 11.1. The lowest BCUT2D eigenvalue weighted by Gasteiger charge is -1.97. The van der Waals surface area contributed by atoms with Gasteiger partial charge >= 0.3 is 5.97 Å². The quantitative estimate of drug-likeness (QED) is 0.417. The second kappa shape index (κ2) is 4.87. The lowest BCUT2D eigenvalue weighted by molar-refractivity contribution is -0.132. The lowest BCUT2D eigenvalue weighted by Crippen LogP contribution is -2.02. The van der Waals surface area contributed by atoms with Gasteiger partial charge in [-0.2, -0.15) is 0 Å². The molecular formula is C10H9NO3. The lowest BCUT2D eigenvalue weighted by atomic mass is 10.2. The van der Waals surface area contributed by atoms with Gasteiger partial charge in [-0.1, -0.05) is 6.92 Å². The van der Waals surface area contributed by atoms with E-state index >= 15 is 0 Å². The second-order valence-corrected chi connectivity index (χ2v) is 2.52. The third-order valence-corrected chi connectivity index (χ3v) is 1.64. The molecule has 0 amide bonds. The van der Waals surface area contributed by atoms with Gasteiger partial charge in [-0.3, -0.25) is 0 Å². The summed E-state index contributed by atoms with van der Waals surface area (Å²) in [6.07, 6.45) is 4.89. The van der Waals surface area contributed by atoms with E-state index in [9.17, 15) is 4.79 Å². The van der Waals surface area contributed by atoms with Crippen molar-refractivity contribution in [3.8, 4) is 6.26 Å². The van der Waals surface area contributed by atoms with Gasteiger partial charge in [-0.25, -0.2) is 4.79 Å². The van der Waals surface area contributed by atoms with E-state index in [1.165, 1.54) is 12.5 Å². The maximum absolute atomic E-state index is 11.1. The normalized spacial score (nSPS) is 10.7. The highest BCUT2D eigenvalue weighted by atomic mass is 16.5. The van der Waals surface area contributed by atoms with Gasteiger partial charge in [0.15, 0.2) is 0 Å². The van der Waals surface area contributed by atoms with Gasteiger partial charge in [0.25, 0.3) is 6.26 Å². The highest BCUT2D eigenvalue weighted by molar-refractivity contribution is 5.93. The fourth-order valence-electron chi connectivity index (χ4n) is 0.957. The third kappa shape index (κ3) is 2.49. The van der Waals surface area contributed by atoms with Crippen LogP contribution in [0.25, 0.3) is 6.08 Å². The minimum atomic E-state index is -0.633. The van der Waals surface area contributed by atoms with Crippen molar-refractivity contribution < 1.29 is 13.9 Å². The number of furan rings is 1. The highest BCUT2D eigenvalue weighted by Crippen LogP contribution is 2.11. The Morgan fingerprint density at radius 2 is 2.57 bits per heavy atom. The number of carbonyl (C=O) groups is 1. The fraction of sp³-hybridized carbons (Fsp3) is 0.200. The van der Waals surface area contributed by atoms with E-state index in [0.717, 1.165) is 0 Å². The topological polar surface area (TPSA) is 63.2 Å². The zero-order chi connectivity index (χ0) is 10.4. The van der Waals surface area contributed by atoms with E-state index in [-0.39, 0.29) is 0 Å². The molecule has 1 aromatic heterocycles. The van der Waals surface area contributed by atoms with Crippen LogP contribution in [0.15, 0.2) is 28.4 Å². The van der Waals surface area contributed by atoms with Crippen LogP contribution in [0, 0.1) is 11.5 Å². The van der Waals surface area contributed by atoms with Crippen LogP contribution in [0.3, 0.4) is 0 Å². The van der Waals surface area contributed by atoms with Gasteiger partial charge < -0.3 is 9.15 Å². The minimum absolute atomic E-state index is 0.404. The number of carbonyl (C=O) groups excluding carboxylic acids is 1. The van der Waals surface area contributed by atoms with Crippen LogP contribution < -0.4 is 0 Å². The number of ether oxygens (including phenoxy) is 1. The van der Waals surface area contributed by atoms with Gasteiger partial charge in [-0.15, -0.1) is 5.26 Å². The molecule has 0 saturated carbocycles. The van der Waals surface area contributed by atoms with Crippen LogP contribution in [0.5, 0.6) is 0 Å². The van der Waals surface area contributed by atoms with Crippen LogP contribution >= 0.6 is 0 Å². The maximum Gasteiger partial charge on any atom is 0.349 e. The Kier molecular flexibility index (Phi) is 3.50. The molecule has 0 unspecified atom stereocenters. The molecule has 0 aliphatic heterocycles. The van der Waals surface area contributed by atoms with E-state index in [2.05, 4.69) is 4.74 Å². The Morgan fingerprint density at radius 1 is 1.79 bits per heavy atom. The summed E-state index contributed by atoms with van der Waals surface area (Å²) in [5.41, 5.74) is 0.404. The molecule has 0 radical (unpaired) electrons. The molecular weight excluding hydrogens is 182 g/mol. The minimum Gasteiger partial charge on any atom is -0.465 e. The third-order valence-electron chi connectivity index (χ3n) is 1.64. The summed E-state index contributed by atoms with van der Waals surface area (Å²) in [6, 6.07) is 3.43. The number of hydrogen-bond donors (Lipinski definition) is 0. The Hall–Kier alpha value is -2.02. The Bertz CT molecular complexity index is 371. The molecule has 0 aliphatic carbocycles. The van der Waals surface area contributed by atoms with Crippen molar-refractivity contribution in [2.24, 2.45) is 0 Å². The van der Waals surface area contributed by atoms with E-state index in [1.807, 2.05) is 0 Å². The SMILES string of the molecule is CCC(=Cc1ccco1)C(=O)OC#N. The smallest absolute Gasteiger partial charge is 0.349 e. The van der Waals surface area contributed by atoms with Crippen molar-refractivity contribution in [1.29, 1.82) is 5.26 Å². The highest BCUT2D eigenvalue weighted by Gasteiger charge is 2.09. The second-order valence-electron chi connectivity index (χ2n) is 2.52. The number of hydrogen-bond acceptors (Lipinski definition) is 4. The van der Waals surface area contributed by atoms with Crippen LogP contribution in [0.1, 0.15) is 19.1 Å². The van der Waals surface area contributed by atoms with E-state index in [1.54, 1.807) is 25.1 Å². The van der Waals surface area contributed by atoms with Gasteiger partial charge in [0.05, 0.1) is 6.26 Å². The van der Waals surface area contributed by atoms with Gasteiger partial charge in [0.2, 0.25) is 0 Å². The molecule has 0 N–H and O–H groups in total. The molecule has 1 heterocycles. The first kappa shape index (κ1) is 10.1. The summed E-state index contributed by atoms with van der Waals surface area (Å²) in [5, 5.41) is 8.16. The average Bonchev–Trinajstić information content (AvgIpc) is 2.66. The molecule has 1 rings (SSSR count). The van der Waals surface area contributed by atoms with Crippen molar-refractivity contribution in [3.63, 3.8) is 0 Å². The van der Waals surface area contributed by atoms with Crippen LogP contribution in [0.4, 0.5) is 0 Å². The van der Waals surface area contributed by atoms with Crippen molar-refractivity contribution in [1.82, 2.24) is 0 Å². The Balaban J connectivity index is 2.82. The Labute approximate surface area is 81.4 Å². The van der Waals surface area contributed by atoms with Crippen molar-refractivity contribution in [2.45, 2.75) is 13.3 Å². The molecule has 0 aliphatic rings. The van der Waals surface area contributed by atoms with Crippen LogP contribution in [-0.2, 0) is 9.53 Å². The molecule has 4 nitrogen and oxygen atoms in total. The average molecular weight is 191 g/mol. The molecule has 1 aromatic rings. The largest absolute Gasteiger partial charge is 0.465 e. The molecule has 0 fully saturated rings. The van der Waals surface area contributed by atoms with Gasteiger partial charge in [0, 0.05) is 5.57 Å². The summed E-state index contributed by atoms with van der Waals surface area (Å²) in [5.74, 6) is -0.0665. The molecule has 0 spiro atoms. The van der Waals surface area contributed by atoms with Crippen LogP contribution in [0.2, 0.25) is 0 Å². The number of esters is 1. The summed E-state index contributed by atoms with van der Waals surface area (Å²) in [6.45, 7) is 1.80. The van der Waals surface area contributed by atoms with Crippen molar-refractivity contribution in [2.75, 3.05) is 0 Å². The number of rotatable bonds is 3. The van der Waals surface area contributed by atoms with Crippen molar-refractivity contribution in [3.05, 3.63) is 29.7 Å². The Morgan fingerprint density at radius 3 is 3.07 bits per heavy atom. The predicted octanol–water partition coefficient (Wildman–Crippen LogP) is 2.10. The molecule has 14 heavy (non-hydrogen) atoms. The first-order valence-corrected chi connectivity index (χ1v) is 4.12. The molecule has 0 bridgehead atoms. The number of nitriles is 1. The molecule has 4 heteroatoms. The zero-order valence-corrected chi connectivity index (χ0v) is 7.69. The first-order chi connectivity index (χ1) is 6.77. The molecule has 0 atom stereocenters.